The summed E-state index contributed by atoms with van der Waals surface area (Å²) in [5, 5.41) is 19.5. The van der Waals surface area contributed by atoms with Gasteiger partial charge in [0.25, 0.3) is 0 Å². The van der Waals surface area contributed by atoms with Crippen molar-refractivity contribution in [3.05, 3.63) is 28.8 Å². The second-order valence-corrected chi connectivity index (χ2v) is 6.91. The summed E-state index contributed by atoms with van der Waals surface area (Å²) in [5.74, 6) is -1.79. The first kappa shape index (κ1) is 17.1. The molecule has 1 aromatic carbocycles. The van der Waals surface area contributed by atoms with Gasteiger partial charge in [0, 0.05) is 5.82 Å². The van der Waals surface area contributed by atoms with Gasteiger partial charge in [0.15, 0.2) is 0 Å². The molecule has 1 atom stereocenters. The summed E-state index contributed by atoms with van der Waals surface area (Å²) in [6.45, 7) is 7.57. The molecule has 1 saturated heterocycles. The van der Waals surface area contributed by atoms with Crippen LogP contribution < -0.4 is 0 Å². The lowest BCUT2D eigenvalue weighted by Gasteiger charge is -2.32. The molecule has 1 aromatic rings. The lowest BCUT2D eigenvalue weighted by atomic mass is 9.66. The van der Waals surface area contributed by atoms with Crippen molar-refractivity contribution in [3.63, 3.8) is 0 Å². The highest BCUT2D eigenvalue weighted by atomic mass is 35.5. The topological polar surface area (TPSA) is 76.0 Å². The molecule has 1 aliphatic heterocycles. The molecule has 0 radical (unpaired) electrons. The number of carboxylic acids is 1. The van der Waals surface area contributed by atoms with Gasteiger partial charge in [-0.3, -0.25) is 4.79 Å². The fraction of sp³-hybridized carbons (Fsp3) is 0.533. The van der Waals surface area contributed by atoms with E-state index in [0.29, 0.717) is 5.56 Å². The summed E-state index contributed by atoms with van der Waals surface area (Å²) in [6.07, 6.45) is -0.231. The number of hydrogen-bond acceptors (Lipinski definition) is 4. The number of rotatable bonds is 4. The Morgan fingerprint density at radius 3 is 2.32 bits per heavy atom. The number of aliphatic carboxylic acids is 1. The number of phenols is 1. The van der Waals surface area contributed by atoms with Crippen LogP contribution in [0.15, 0.2) is 18.2 Å². The Labute approximate surface area is 135 Å². The van der Waals surface area contributed by atoms with Gasteiger partial charge in [-0.1, -0.05) is 23.7 Å². The van der Waals surface area contributed by atoms with Gasteiger partial charge in [-0.15, -0.1) is 0 Å². The monoisotopic (exact) mass is 326 g/mol. The zero-order valence-corrected chi connectivity index (χ0v) is 13.8. The summed E-state index contributed by atoms with van der Waals surface area (Å²) in [7, 11) is -0.773. The lowest BCUT2D eigenvalue weighted by molar-refractivity contribution is -0.137. The summed E-state index contributed by atoms with van der Waals surface area (Å²) >= 11 is 5.93. The third kappa shape index (κ3) is 3.09. The minimum Gasteiger partial charge on any atom is -0.506 e. The molecule has 1 fully saturated rings. The first-order valence-corrected chi connectivity index (χ1v) is 7.48. The minimum absolute atomic E-state index is 0.134. The molecule has 0 saturated carbocycles. The molecular formula is C15H20BClO5. The Balaban J connectivity index is 2.40. The molecule has 1 aliphatic rings. The van der Waals surface area contributed by atoms with Crippen molar-refractivity contribution in [1.82, 2.24) is 0 Å². The van der Waals surface area contributed by atoms with Crippen LogP contribution in [-0.2, 0) is 14.1 Å². The quantitative estimate of drug-likeness (QED) is 0.831. The molecule has 2 N–H and O–H groups in total. The summed E-state index contributed by atoms with van der Waals surface area (Å²) in [6, 6.07) is 4.85. The van der Waals surface area contributed by atoms with E-state index < -0.39 is 30.1 Å². The van der Waals surface area contributed by atoms with E-state index in [0.717, 1.165) is 0 Å². The van der Waals surface area contributed by atoms with Gasteiger partial charge in [-0.05, 0) is 39.3 Å². The molecule has 7 heteroatoms. The Kier molecular flexibility index (Phi) is 4.48. The third-order valence-corrected chi connectivity index (χ3v) is 4.72. The first-order valence-electron chi connectivity index (χ1n) is 7.10. The van der Waals surface area contributed by atoms with Gasteiger partial charge < -0.3 is 19.5 Å². The molecular weight excluding hydrogens is 306 g/mol. The van der Waals surface area contributed by atoms with E-state index in [1.165, 1.54) is 0 Å². The molecule has 5 nitrogen and oxygen atoms in total. The van der Waals surface area contributed by atoms with Gasteiger partial charge in [0.2, 0.25) is 0 Å². The maximum absolute atomic E-state index is 11.2. The summed E-state index contributed by atoms with van der Waals surface area (Å²) in [4.78, 5) is 11.2. The minimum atomic E-state index is -1.00. The fourth-order valence-electron chi connectivity index (χ4n) is 2.43. The van der Waals surface area contributed by atoms with Crippen molar-refractivity contribution in [3.8, 4) is 5.75 Å². The number of carbonyl (C=O) groups is 1. The highest BCUT2D eigenvalue weighted by molar-refractivity contribution is 6.48. The molecule has 120 valence electrons. The first-order chi connectivity index (χ1) is 10.0. The van der Waals surface area contributed by atoms with Gasteiger partial charge in [0.05, 0.1) is 22.6 Å². The highest BCUT2D eigenvalue weighted by Crippen LogP contribution is 2.44. The summed E-state index contributed by atoms with van der Waals surface area (Å²) in [5.41, 5.74) is -0.751. The Morgan fingerprint density at radius 1 is 1.27 bits per heavy atom. The highest BCUT2D eigenvalue weighted by Gasteiger charge is 2.54. The van der Waals surface area contributed by atoms with Gasteiger partial charge in [0.1, 0.15) is 5.75 Å². The van der Waals surface area contributed by atoms with Crippen LogP contribution in [0.2, 0.25) is 5.02 Å². The Bertz CT molecular complexity index is 571. The van der Waals surface area contributed by atoms with E-state index in [2.05, 4.69) is 0 Å². The Morgan fingerprint density at radius 2 is 1.82 bits per heavy atom. The van der Waals surface area contributed by atoms with Crippen LogP contribution in [0, 0.1) is 0 Å². The zero-order chi connectivity index (χ0) is 16.7. The van der Waals surface area contributed by atoms with Crippen molar-refractivity contribution in [2.45, 2.75) is 51.1 Å². The molecule has 2 rings (SSSR count). The van der Waals surface area contributed by atoms with Crippen molar-refractivity contribution in [2.75, 3.05) is 0 Å². The second kappa shape index (κ2) is 5.76. The van der Waals surface area contributed by atoms with Gasteiger partial charge >= 0.3 is 13.1 Å². The van der Waals surface area contributed by atoms with E-state index in [1.807, 2.05) is 27.7 Å². The van der Waals surface area contributed by atoms with Crippen molar-refractivity contribution in [2.24, 2.45) is 0 Å². The zero-order valence-electron chi connectivity index (χ0n) is 13.1. The number of para-hydroxylation sites is 1. The molecule has 0 spiro atoms. The van der Waals surface area contributed by atoms with Crippen LogP contribution in [0.1, 0.15) is 45.5 Å². The fourth-order valence-corrected chi connectivity index (χ4v) is 2.61. The largest absolute Gasteiger partial charge is 0.506 e. The number of carboxylic acid groups (broad SMARTS) is 1. The van der Waals surface area contributed by atoms with E-state index in [4.69, 9.17) is 20.9 Å². The lowest BCUT2D eigenvalue weighted by Crippen LogP contribution is -2.41. The number of aromatic hydroxyl groups is 1. The van der Waals surface area contributed by atoms with Crippen LogP contribution in [-0.4, -0.2) is 34.5 Å². The molecule has 1 unspecified atom stereocenters. The van der Waals surface area contributed by atoms with E-state index in [1.54, 1.807) is 18.2 Å². The smallest absolute Gasteiger partial charge is 0.466 e. The maximum atomic E-state index is 11.2. The van der Waals surface area contributed by atoms with Crippen LogP contribution in [0.4, 0.5) is 0 Å². The molecule has 22 heavy (non-hydrogen) atoms. The van der Waals surface area contributed by atoms with Crippen LogP contribution in [0.5, 0.6) is 5.75 Å². The molecule has 1 heterocycles. The van der Waals surface area contributed by atoms with Crippen molar-refractivity contribution >= 4 is 24.7 Å². The molecule has 0 amide bonds. The number of phenolic OH excluding ortho intramolecular Hbond substituents is 1. The second-order valence-electron chi connectivity index (χ2n) is 6.51. The average molecular weight is 327 g/mol. The van der Waals surface area contributed by atoms with Crippen LogP contribution in [0.25, 0.3) is 0 Å². The molecule has 0 aliphatic carbocycles. The van der Waals surface area contributed by atoms with Gasteiger partial charge in [-0.25, -0.2) is 0 Å². The number of benzene rings is 1. The van der Waals surface area contributed by atoms with E-state index in [-0.39, 0.29) is 17.2 Å². The maximum Gasteiger partial charge on any atom is 0.466 e. The summed E-state index contributed by atoms with van der Waals surface area (Å²) < 4.78 is 11.9. The van der Waals surface area contributed by atoms with Gasteiger partial charge in [-0.2, -0.15) is 0 Å². The molecule has 0 bridgehead atoms. The predicted molar refractivity (Wildman–Crippen MR) is 84.2 cm³/mol. The average Bonchev–Trinajstić information content (AvgIpc) is 2.59. The van der Waals surface area contributed by atoms with Crippen molar-refractivity contribution < 1.29 is 24.3 Å². The SMILES string of the molecule is CC1(C)OB(C(CC(=O)O)c2cccc(Cl)c2O)OC1(C)C. The molecule has 0 aromatic heterocycles. The Hall–Kier alpha value is -1.24. The van der Waals surface area contributed by atoms with E-state index in [9.17, 15) is 15.0 Å². The third-order valence-electron chi connectivity index (χ3n) is 4.41. The van der Waals surface area contributed by atoms with E-state index >= 15 is 0 Å². The van der Waals surface area contributed by atoms with Crippen LogP contribution in [0.3, 0.4) is 0 Å². The van der Waals surface area contributed by atoms with Crippen LogP contribution >= 0.6 is 11.6 Å². The number of hydrogen-bond donors (Lipinski definition) is 2. The number of halogens is 1. The van der Waals surface area contributed by atoms with Crippen molar-refractivity contribution in [1.29, 1.82) is 0 Å². The normalized spacial score (nSPS) is 20.9. The predicted octanol–water partition coefficient (Wildman–Crippen LogP) is 3.24. The standard InChI is InChI=1S/C15H20BClO5/c1-14(2)15(3,4)22-16(21-14)10(8-12(18)19)9-6-5-7-11(17)13(9)20/h5-7,10,20H,8H2,1-4H3,(H,18,19).